The van der Waals surface area contributed by atoms with Crippen LogP contribution in [0.3, 0.4) is 0 Å². The Kier molecular flexibility index (Phi) is 4.28. The predicted octanol–water partition coefficient (Wildman–Crippen LogP) is 2.26. The lowest BCUT2D eigenvalue weighted by atomic mass is 10.2. The van der Waals surface area contributed by atoms with Crippen LogP contribution in [0.2, 0.25) is 0 Å². The summed E-state index contributed by atoms with van der Waals surface area (Å²) in [5.41, 5.74) is 3.60. The molecule has 0 aromatic carbocycles. The number of hydrazine groups is 1. The number of nitrogens with zero attached hydrogens (tertiary/aromatic N) is 3. The maximum absolute atomic E-state index is 5.42. The zero-order chi connectivity index (χ0) is 13.8. The molecule has 2 heterocycles. The number of nitrogens with one attached hydrogen (secondary N) is 2. The van der Waals surface area contributed by atoms with Gasteiger partial charge in [-0.1, -0.05) is 13.8 Å². The predicted molar refractivity (Wildman–Crippen MR) is 78.1 cm³/mol. The molecule has 0 unspecified atom stereocenters. The number of hydrogen-bond acceptors (Lipinski definition) is 7. The first kappa shape index (κ1) is 13.7. The van der Waals surface area contributed by atoms with E-state index in [1.165, 1.54) is 0 Å². The van der Waals surface area contributed by atoms with Crippen LogP contribution in [0.4, 0.5) is 11.6 Å². The van der Waals surface area contributed by atoms with E-state index in [-0.39, 0.29) is 5.92 Å². The van der Waals surface area contributed by atoms with Crippen LogP contribution in [0.25, 0.3) is 0 Å². The first-order valence-corrected chi connectivity index (χ1v) is 6.97. The molecule has 102 valence electrons. The van der Waals surface area contributed by atoms with Crippen LogP contribution >= 0.6 is 11.3 Å². The lowest BCUT2D eigenvalue weighted by Gasteiger charge is -2.10. The second-order valence-electron chi connectivity index (χ2n) is 4.53. The number of anilines is 2. The van der Waals surface area contributed by atoms with Crippen molar-refractivity contribution in [1.29, 1.82) is 0 Å². The summed E-state index contributed by atoms with van der Waals surface area (Å²) in [6.45, 7) is 6.72. The minimum Gasteiger partial charge on any atom is -0.363 e. The van der Waals surface area contributed by atoms with Crippen molar-refractivity contribution in [1.82, 2.24) is 15.0 Å². The molecule has 0 bridgehead atoms. The van der Waals surface area contributed by atoms with E-state index in [4.69, 9.17) is 5.84 Å². The highest BCUT2D eigenvalue weighted by atomic mass is 32.1. The van der Waals surface area contributed by atoms with Crippen LogP contribution < -0.4 is 16.6 Å². The molecule has 7 heteroatoms. The Bertz CT molecular complexity index is 551. The van der Waals surface area contributed by atoms with Gasteiger partial charge in [0, 0.05) is 23.1 Å². The average molecular weight is 278 g/mol. The Morgan fingerprint density at radius 1 is 1.26 bits per heavy atom. The lowest BCUT2D eigenvalue weighted by Crippen LogP contribution is -2.13. The summed E-state index contributed by atoms with van der Waals surface area (Å²) < 4.78 is 0. The van der Waals surface area contributed by atoms with Crippen LogP contribution in [0.1, 0.15) is 36.3 Å². The van der Waals surface area contributed by atoms with Gasteiger partial charge in [-0.25, -0.2) is 20.8 Å². The summed E-state index contributed by atoms with van der Waals surface area (Å²) in [5.74, 6) is 7.78. The maximum atomic E-state index is 5.42. The summed E-state index contributed by atoms with van der Waals surface area (Å²) in [4.78, 5) is 13.2. The summed E-state index contributed by atoms with van der Waals surface area (Å²) in [6.07, 6.45) is 0. The maximum Gasteiger partial charge on any atom is 0.145 e. The highest BCUT2D eigenvalue weighted by molar-refractivity contribution is 7.09. The van der Waals surface area contributed by atoms with Gasteiger partial charge in [0.1, 0.15) is 22.5 Å². The third kappa shape index (κ3) is 3.62. The summed E-state index contributed by atoms with van der Waals surface area (Å²) in [5, 5.41) is 6.31. The van der Waals surface area contributed by atoms with Crippen LogP contribution in [-0.4, -0.2) is 15.0 Å². The molecule has 0 aliphatic rings. The Balaban J connectivity index is 2.12. The highest BCUT2D eigenvalue weighted by Crippen LogP contribution is 2.17. The number of aromatic nitrogens is 3. The van der Waals surface area contributed by atoms with Gasteiger partial charge >= 0.3 is 0 Å². The van der Waals surface area contributed by atoms with Crippen molar-refractivity contribution >= 4 is 23.0 Å². The normalized spacial score (nSPS) is 10.8. The number of rotatable bonds is 5. The Morgan fingerprint density at radius 3 is 2.58 bits per heavy atom. The fourth-order valence-electron chi connectivity index (χ4n) is 1.54. The topological polar surface area (TPSA) is 88.8 Å². The first-order chi connectivity index (χ1) is 9.08. The van der Waals surface area contributed by atoms with Crippen molar-refractivity contribution in [2.24, 2.45) is 5.84 Å². The molecule has 0 aliphatic heterocycles. The fourth-order valence-corrected chi connectivity index (χ4v) is 2.25. The molecule has 0 amide bonds. The third-order valence-corrected chi connectivity index (χ3v) is 3.46. The van der Waals surface area contributed by atoms with E-state index < -0.39 is 0 Å². The highest BCUT2D eigenvalue weighted by Gasteiger charge is 2.08. The van der Waals surface area contributed by atoms with Crippen molar-refractivity contribution in [3.63, 3.8) is 0 Å². The van der Waals surface area contributed by atoms with E-state index in [1.54, 1.807) is 17.4 Å². The number of nitrogen functional groups attached to an aromatic ring is 1. The fraction of sp³-hybridized carbons (Fsp3) is 0.417. The van der Waals surface area contributed by atoms with Gasteiger partial charge in [-0.05, 0) is 6.92 Å². The number of thiazole rings is 1. The van der Waals surface area contributed by atoms with Crippen LogP contribution in [0.15, 0.2) is 11.4 Å². The van der Waals surface area contributed by atoms with Gasteiger partial charge in [-0.2, -0.15) is 0 Å². The van der Waals surface area contributed by atoms with E-state index in [0.717, 1.165) is 22.3 Å². The Morgan fingerprint density at radius 2 is 2.00 bits per heavy atom. The number of hydrogen-bond donors (Lipinski definition) is 3. The zero-order valence-corrected chi connectivity index (χ0v) is 12.1. The minimum atomic E-state index is 0.246. The van der Waals surface area contributed by atoms with E-state index in [0.29, 0.717) is 12.4 Å². The molecule has 0 radical (unpaired) electrons. The van der Waals surface area contributed by atoms with E-state index in [1.807, 2.05) is 26.2 Å². The molecule has 0 aliphatic carbocycles. The van der Waals surface area contributed by atoms with Crippen molar-refractivity contribution in [2.75, 3.05) is 10.7 Å². The van der Waals surface area contributed by atoms with E-state index in [9.17, 15) is 0 Å². The second kappa shape index (κ2) is 5.94. The second-order valence-corrected chi connectivity index (χ2v) is 5.47. The van der Waals surface area contributed by atoms with Crippen LogP contribution in [0.5, 0.6) is 0 Å². The van der Waals surface area contributed by atoms with Crippen LogP contribution in [-0.2, 0) is 6.54 Å². The summed E-state index contributed by atoms with van der Waals surface area (Å²) in [6, 6.07) is 1.78. The minimum absolute atomic E-state index is 0.246. The number of aryl methyl sites for hydroxylation is 1. The van der Waals surface area contributed by atoms with Gasteiger partial charge in [0.2, 0.25) is 0 Å². The van der Waals surface area contributed by atoms with Crippen LogP contribution in [0, 0.1) is 6.92 Å². The monoisotopic (exact) mass is 278 g/mol. The van der Waals surface area contributed by atoms with Gasteiger partial charge in [0.25, 0.3) is 0 Å². The smallest absolute Gasteiger partial charge is 0.145 e. The Labute approximate surface area is 116 Å². The lowest BCUT2D eigenvalue weighted by molar-refractivity contribution is 0.775. The largest absolute Gasteiger partial charge is 0.363 e. The van der Waals surface area contributed by atoms with Crippen molar-refractivity contribution in [2.45, 2.75) is 33.2 Å². The van der Waals surface area contributed by atoms with Gasteiger partial charge in [-0.15, -0.1) is 11.3 Å². The van der Waals surface area contributed by atoms with E-state index >= 15 is 0 Å². The SMILES string of the molecule is Cc1csc(CNc2cc(NN)nc(C(C)C)n2)n1. The molecule has 2 rings (SSSR count). The van der Waals surface area contributed by atoms with Gasteiger partial charge in [-0.3, -0.25) is 0 Å². The molecule has 0 fully saturated rings. The molecule has 0 spiro atoms. The van der Waals surface area contributed by atoms with Gasteiger partial charge < -0.3 is 10.7 Å². The van der Waals surface area contributed by atoms with Gasteiger partial charge in [0.05, 0.1) is 6.54 Å². The molecule has 6 nitrogen and oxygen atoms in total. The first-order valence-electron chi connectivity index (χ1n) is 6.09. The third-order valence-electron chi connectivity index (χ3n) is 2.50. The quantitative estimate of drug-likeness (QED) is 0.574. The molecular formula is C12H18N6S. The zero-order valence-electron chi connectivity index (χ0n) is 11.3. The molecule has 0 atom stereocenters. The van der Waals surface area contributed by atoms with Crippen molar-refractivity contribution in [3.8, 4) is 0 Å². The molecule has 2 aromatic heterocycles. The standard InChI is InChI=1S/C12H18N6S/c1-7(2)12-16-9(4-10(17-12)18-13)14-5-11-15-8(3)6-19-11/h4,6-7H,5,13H2,1-3H3,(H2,14,16,17,18). The number of nitrogens with two attached hydrogens (primary N) is 1. The summed E-state index contributed by atoms with van der Waals surface area (Å²) in [7, 11) is 0. The molecular weight excluding hydrogens is 260 g/mol. The van der Waals surface area contributed by atoms with Gasteiger partial charge in [0.15, 0.2) is 0 Å². The van der Waals surface area contributed by atoms with Crippen molar-refractivity contribution in [3.05, 3.63) is 28.0 Å². The van der Waals surface area contributed by atoms with Crippen molar-refractivity contribution < 1.29 is 0 Å². The summed E-state index contributed by atoms with van der Waals surface area (Å²) >= 11 is 1.63. The molecule has 0 saturated carbocycles. The molecule has 2 aromatic rings. The average Bonchev–Trinajstić information content (AvgIpc) is 2.81. The molecule has 4 N–H and O–H groups in total. The molecule has 19 heavy (non-hydrogen) atoms. The Hall–Kier alpha value is -1.73. The molecule has 0 saturated heterocycles. The van der Waals surface area contributed by atoms with E-state index in [2.05, 4.69) is 25.7 Å².